The van der Waals surface area contributed by atoms with Crippen LogP contribution in [0.2, 0.25) is 0 Å². The Balaban J connectivity index is 0.00000240. The molecule has 6 rings (SSSR count). The molecule has 2 aliphatic rings. The Morgan fingerprint density at radius 2 is 1.61 bits per heavy atom. The van der Waals surface area contributed by atoms with Gasteiger partial charge in [0.1, 0.15) is 11.9 Å². The highest BCUT2D eigenvalue weighted by molar-refractivity contribution is 5.85. The van der Waals surface area contributed by atoms with Crippen LogP contribution >= 0.6 is 24.8 Å². The third-order valence-corrected chi connectivity index (χ3v) is 8.42. The van der Waals surface area contributed by atoms with Gasteiger partial charge in [0.05, 0.1) is 12.8 Å². The van der Waals surface area contributed by atoms with Gasteiger partial charge in [0.2, 0.25) is 0 Å². The summed E-state index contributed by atoms with van der Waals surface area (Å²) in [4.78, 5) is 16.7. The molecule has 14 heteroatoms. The third-order valence-electron chi connectivity index (χ3n) is 8.42. The van der Waals surface area contributed by atoms with Crippen molar-refractivity contribution >= 4 is 30.8 Å². The van der Waals surface area contributed by atoms with E-state index in [2.05, 4.69) is 49.6 Å². The number of aromatic nitrogens is 4. The minimum absolute atomic E-state index is 0. The molecule has 0 spiro atoms. The van der Waals surface area contributed by atoms with Gasteiger partial charge in [0, 0.05) is 63.1 Å². The molecule has 3 heterocycles. The normalized spacial score (nSPS) is 20.0. The fourth-order valence-electron chi connectivity index (χ4n) is 6.73. The Morgan fingerprint density at radius 1 is 0.957 bits per heavy atom. The predicted molar refractivity (Wildman–Crippen MR) is 170 cm³/mol. The van der Waals surface area contributed by atoms with Gasteiger partial charge in [0.25, 0.3) is 5.82 Å². The molecule has 2 aliphatic heterocycles. The van der Waals surface area contributed by atoms with Gasteiger partial charge in [-0.25, -0.2) is 0 Å². The van der Waals surface area contributed by atoms with Crippen LogP contribution in [0.3, 0.4) is 0 Å². The number of carbonyl (C=O) groups is 1. The average molecular weight is 680 g/mol. The number of rotatable bonds is 8. The van der Waals surface area contributed by atoms with E-state index < -0.39 is 12.0 Å². The second-order valence-electron chi connectivity index (χ2n) is 11.3. The Labute approximate surface area is 277 Å². The van der Waals surface area contributed by atoms with Crippen molar-refractivity contribution in [2.45, 2.75) is 50.2 Å². The summed E-state index contributed by atoms with van der Waals surface area (Å²) >= 11 is 0. The number of hydrogen-bond donors (Lipinski definition) is 0. The summed E-state index contributed by atoms with van der Waals surface area (Å²) in [5, 5.41) is 10.1. The number of carbonyl (C=O) groups excluding carboxylic acids is 1. The molecule has 2 fully saturated rings. The number of nitrogens with zero attached hydrogens (tertiary/aromatic N) is 6. The number of esters is 1. The molecular weight excluding hydrogens is 644 g/mol. The molecule has 0 N–H and O–H groups in total. The molecule has 4 aromatic rings. The van der Waals surface area contributed by atoms with Crippen LogP contribution < -0.4 is 4.74 Å². The largest absolute Gasteiger partial charge is 0.496 e. The van der Waals surface area contributed by atoms with E-state index in [0.717, 1.165) is 0 Å². The van der Waals surface area contributed by atoms with Crippen LogP contribution in [-0.4, -0.2) is 80.9 Å². The zero-order valence-corrected chi connectivity index (χ0v) is 26.8. The van der Waals surface area contributed by atoms with Crippen molar-refractivity contribution in [2.75, 3.05) is 26.7 Å². The zero-order chi connectivity index (χ0) is 30.8. The van der Waals surface area contributed by atoms with E-state index in [-0.39, 0.29) is 60.6 Å². The van der Waals surface area contributed by atoms with Crippen LogP contribution in [0.1, 0.15) is 41.8 Å². The molecule has 0 aliphatic carbocycles. The number of ether oxygens (including phenoxy) is 2. The van der Waals surface area contributed by atoms with Crippen LogP contribution in [0.5, 0.6) is 5.75 Å². The summed E-state index contributed by atoms with van der Waals surface area (Å²) in [6.45, 7) is 3.86. The molecule has 0 unspecified atom stereocenters. The maximum Gasteiger partial charge on any atom is 0.453 e. The van der Waals surface area contributed by atoms with E-state index in [4.69, 9.17) is 9.47 Å². The number of tetrazole rings is 1. The van der Waals surface area contributed by atoms with Crippen LogP contribution in [0.25, 0.3) is 5.69 Å². The lowest BCUT2D eigenvalue weighted by Crippen LogP contribution is -2.58. The standard InChI is InChI=1S/C32H33F3N6O3.2ClH/c1-21(42)44-27-16-26-18-39(17-24-15-25(13-14-29(24)43-2)41-31(32(33,34)35)36-37-38-41)20-28(40(26)19-27)30(22-9-5-3-6-10-22)23-11-7-4-8-12-23;;/h3-15,26-28,30H,16-20H2,1-2H3;2*1H/t26-,27-,28-;;/m0../s1. The summed E-state index contributed by atoms with van der Waals surface area (Å²) < 4.78 is 52.8. The van der Waals surface area contributed by atoms with Gasteiger partial charge in [-0.15, -0.1) is 29.9 Å². The maximum atomic E-state index is 13.6. The highest BCUT2D eigenvalue weighted by Crippen LogP contribution is 2.39. The quantitative estimate of drug-likeness (QED) is 0.224. The summed E-state index contributed by atoms with van der Waals surface area (Å²) in [5.74, 6) is -0.907. The van der Waals surface area contributed by atoms with E-state index >= 15 is 0 Å². The van der Waals surface area contributed by atoms with Gasteiger partial charge >= 0.3 is 12.1 Å². The first-order chi connectivity index (χ1) is 21.2. The molecule has 46 heavy (non-hydrogen) atoms. The van der Waals surface area contributed by atoms with Crippen molar-refractivity contribution in [1.82, 2.24) is 30.0 Å². The molecule has 246 valence electrons. The molecule has 0 bridgehead atoms. The van der Waals surface area contributed by atoms with Crippen molar-refractivity contribution in [3.63, 3.8) is 0 Å². The highest BCUT2D eigenvalue weighted by atomic mass is 35.5. The Hall–Kier alpha value is -3.71. The van der Waals surface area contributed by atoms with E-state index in [1.54, 1.807) is 19.2 Å². The zero-order valence-electron chi connectivity index (χ0n) is 25.2. The minimum Gasteiger partial charge on any atom is -0.496 e. The van der Waals surface area contributed by atoms with Crippen molar-refractivity contribution in [3.05, 3.63) is 101 Å². The first kappa shape index (κ1) is 35.1. The molecule has 0 amide bonds. The minimum atomic E-state index is -4.71. The topological polar surface area (TPSA) is 85.6 Å². The first-order valence-corrected chi connectivity index (χ1v) is 14.5. The maximum absolute atomic E-state index is 13.6. The fraction of sp³-hybridized carbons (Fsp3) is 0.375. The number of alkyl halides is 3. The Kier molecular flexibility index (Phi) is 11.3. The van der Waals surface area contributed by atoms with Gasteiger partial charge in [-0.05, 0) is 39.8 Å². The second kappa shape index (κ2) is 14.8. The molecule has 2 saturated heterocycles. The molecule has 0 saturated carbocycles. The first-order valence-electron chi connectivity index (χ1n) is 14.5. The number of hydrogen-bond acceptors (Lipinski definition) is 8. The van der Waals surface area contributed by atoms with Crippen molar-refractivity contribution in [1.29, 1.82) is 0 Å². The lowest BCUT2D eigenvalue weighted by atomic mass is 9.82. The molecule has 3 atom stereocenters. The summed E-state index contributed by atoms with van der Waals surface area (Å²) in [5.41, 5.74) is 3.26. The summed E-state index contributed by atoms with van der Waals surface area (Å²) in [6.07, 6.45) is -4.23. The Bertz CT molecular complexity index is 1560. The summed E-state index contributed by atoms with van der Waals surface area (Å²) in [7, 11) is 1.54. The smallest absolute Gasteiger partial charge is 0.453 e. The average Bonchev–Trinajstić information content (AvgIpc) is 3.66. The predicted octanol–water partition coefficient (Wildman–Crippen LogP) is 5.56. The van der Waals surface area contributed by atoms with Crippen molar-refractivity contribution < 1.29 is 27.4 Å². The van der Waals surface area contributed by atoms with Gasteiger partial charge in [-0.2, -0.15) is 17.9 Å². The summed E-state index contributed by atoms with van der Waals surface area (Å²) in [6, 6.07) is 25.7. The van der Waals surface area contributed by atoms with Crippen molar-refractivity contribution in [3.8, 4) is 11.4 Å². The van der Waals surface area contributed by atoms with E-state index in [0.29, 0.717) is 48.6 Å². The lowest BCUT2D eigenvalue weighted by Gasteiger charge is -2.47. The number of halogens is 5. The highest BCUT2D eigenvalue weighted by Gasteiger charge is 2.46. The fourth-order valence-corrected chi connectivity index (χ4v) is 6.73. The molecular formula is C32H35Cl2F3N6O3. The second-order valence-corrected chi connectivity index (χ2v) is 11.3. The van der Waals surface area contributed by atoms with Gasteiger partial charge in [0.15, 0.2) is 0 Å². The monoisotopic (exact) mass is 678 g/mol. The van der Waals surface area contributed by atoms with Crippen molar-refractivity contribution in [2.24, 2.45) is 0 Å². The van der Waals surface area contributed by atoms with Gasteiger partial charge < -0.3 is 9.47 Å². The molecule has 3 aromatic carbocycles. The van der Waals surface area contributed by atoms with Crippen LogP contribution in [-0.2, 0) is 22.3 Å². The van der Waals surface area contributed by atoms with E-state index in [9.17, 15) is 18.0 Å². The number of piperazine rings is 1. The lowest BCUT2D eigenvalue weighted by molar-refractivity contribution is -0.147. The third kappa shape index (κ3) is 7.46. The van der Waals surface area contributed by atoms with Gasteiger partial charge in [-0.3, -0.25) is 14.6 Å². The Morgan fingerprint density at radius 3 is 2.20 bits per heavy atom. The number of fused-ring (bicyclic) bond motifs is 1. The SMILES string of the molecule is COc1ccc(-n2nnnc2C(F)(F)F)cc1CN1C[C@@H]2C[C@H](OC(C)=O)CN2[C@H](C(c2ccccc2)c2ccccc2)C1.Cl.Cl. The molecule has 1 aromatic heterocycles. The van der Waals surface area contributed by atoms with Crippen LogP contribution in [0, 0.1) is 0 Å². The van der Waals surface area contributed by atoms with E-state index in [1.807, 2.05) is 36.4 Å². The van der Waals surface area contributed by atoms with Crippen LogP contribution in [0.4, 0.5) is 13.2 Å². The molecule has 9 nitrogen and oxygen atoms in total. The van der Waals surface area contributed by atoms with Gasteiger partial charge in [-0.1, -0.05) is 60.7 Å². The number of benzene rings is 3. The van der Waals surface area contributed by atoms with E-state index in [1.165, 1.54) is 24.1 Å². The van der Waals surface area contributed by atoms with Crippen LogP contribution in [0.15, 0.2) is 78.9 Å². The molecule has 0 radical (unpaired) electrons. The number of methoxy groups -OCH3 is 1.